The molecule has 2 atom stereocenters. The van der Waals surface area contributed by atoms with Crippen LogP contribution in [-0.2, 0) is 0 Å². The number of rotatable bonds is 6. The number of nitrogens with one attached hydrogen (secondary N) is 1. The summed E-state index contributed by atoms with van der Waals surface area (Å²) in [6.45, 7) is 3.18. The molecule has 2 unspecified atom stereocenters. The Morgan fingerprint density at radius 2 is 2.10 bits per heavy atom. The minimum absolute atomic E-state index is 0.109. The maximum atomic E-state index is 9.93. The van der Waals surface area contributed by atoms with Crippen LogP contribution in [0, 0.1) is 5.92 Å². The minimum atomic E-state index is -0.246. The van der Waals surface area contributed by atoms with Crippen LogP contribution in [0.4, 0.5) is 5.95 Å². The van der Waals surface area contributed by atoms with Crippen molar-refractivity contribution in [3.63, 3.8) is 0 Å². The molecular formula is C13H21ClN4O2. The van der Waals surface area contributed by atoms with Crippen LogP contribution in [0.15, 0.2) is 0 Å². The minimum Gasteiger partial charge on any atom is -0.463 e. The summed E-state index contributed by atoms with van der Waals surface area (Å²) in [7, 11) is 0. The summed E-state index contributed by atoms with van der Waals surface area (Å²) in [5.41, 5.74) is 0. The molecule has 2 rings (SSSR count). The number of hydrogen-bond donors (Lipinski definition) is 2. The van der Waals surface area contributed by atoms with Crippen LogP contribution in [0.2, 0.25) is 5.28 Å². The van der Waals surface area contributed by atoms with E-state index in [0.29, 0.717) is 19.1 Å². The number of hydrogen-bond acceptors (Lipinski definition) is 6. The molecule has 2 N–H and O–H groups in total. The van der Waals surface area contributed by atoms with E-state index in [2.05, 4.69) is 20.3 Å². The van der Waals surface area contributed by atoms with Crippen molar-refractivity contribution >= 4 is 17.5 Å². The summed E-state index contributed by atoms with van der Waals surface area (Å²) in [5, 5.41) is 13.2. The topological polar surface area (TPSA) is 80.2 Å². The highest BCUT2D eigenvalue weighted by atomic mass is 35.5. The van der Waals surface area contributed by atoms with Crippen LogP contribution in [-0.4, -0.2) is 39.3 Å². The molecule has 0 radical (unpaired) electrons. The zero-order chi connectivity index (χ0) is 14.4. The quantitative estimate of drug-likeness (QED) is 0.839. The number of halogens is 1. The molecule has 0 aliphatic heterocycles. The van der Waals surface area contributed by atoms with Gasteiger partial charge in [0, 0.05) is 12.5 Å². The van der Waals surface area contributed by atoms with Gasteiger partial charge in [-0.25, -0.2) is 0 Å². The van der Waals surface area contributed by atoms with Crippen LogP contribution in [0.3, 0.4) is 0 Å². The second kappa shape index (κ2) is 7.59. The average molecular weight is 301 g/mol. The van der Waals surface area contributed by atoms with Crippen molar-refractivity contribution in [2.75, 3.05) is 18.5 Å². The Morgan fingerprint density at radius 3 is 2.85 bits per heavy atom. The largest absolute Gasteiger partial charge is 0.463 e. The van der Waals surface area contributed by atoms with Crippen LogP contribution < -0.4 is 10.1 Å². The molecule has 1 aromatic rings. The van der Waals surface area contributed by atoms with E-state index < -0.39 is 0 Å². The lowest BCUT2D eigenvalue weighted by Crippen LogP contribution is -2.30. The highest BCUT2D eigenvalue weighted by Crippen LogP contribution is 2.24. The zero-order valence-electron chi connectivity index (χ0n) is 11.7. The number of aliphatic hydroxyl groups excluding tert-OH is 1. The molecule has 0 bridgehead atoms. The highest BCUT2D eigenvalue weighted by molar-refractivity contribution is 6.28. The third-order valence-electron chi connectivity index (χ3n) is 3.41. The van der Waals surface area contributed by atoms with Gasteiger partial charge in [0.05, 0.1) is 12.7 Å². The Labute approximate surface area is 123 Å². The van der Waals surface area contributed by atoms with E-state index in [1.807, 2.05) is 6.92 Å². The first-order valence-corrected chi connectivity index (χ1v) is 7.53. The van der Waals surface area contributed by atoms with Crippen molar-refractivity contribution in [3.8, 4) is 6.01 Å². The SMILES string of the molecule is CCCOc1nc(Cl)nc(NCC2CCCCC2O)n1. The Balaban J connectivity index is 1.92. The second-order valence-electron chi connectivity index (χ2n) is 5.05. The summed E-state index contributed by atoms with van der Waals surface area (Å²) < 4.78 is 5.35. The monoisotopic (exact) mass is 300 g/mol. The van der Waals surface area contributed by atoms with Crippen LogP contribution >= 0.6 is 11.6 Å². The smallest absolute Gasteiger partial charge is 0.322 e. The van der Waals surface area contributed by atoms with E-state index in [9.17, 15) is 5.11 Å². The molecule has 1 aliphatic rings. The fourth-order valence-corrected chi connectivity index (χ4v) is 2.47. The number of aromatic nitrogens is 3. The van der Waals surface area contributed by atoms with E-state index in [1.165, 1.54) is 0 Å². The molecule has 0 saturated heterocycles. The number of ether oxygens (including phenoxy) is 1. The fourth-order valence-electron chi connectivity index (χ4n) is 2.32. The Hall–Kier alpha value is -1.14. The molecule has 1 heterocycles. The van der Waals surface area contributed by atoms with E-state index >= 15 is 0 Å². The number of aliphatic hydroxyl groups is 1. The first kappa shape index (κ1) is 15.3. The Bertz CT molecular complexity index is 433. The standard InChI is InChI=1S/C13H21ClN4O2/c1-2-7-20-13-17-11(14)16-12(18-13)15-8-9-5-3-4-6-10(9)19/h9-10,19H,2-8H2,1H3,(H,15,16,17,18). The second-order valence-corrected chi connectivity index (χ2v) is 5.39. The maximum absolute atomic E-state index is 9.93. The molecule has 7 heteroatoms. The van der Waals surface area contributed by atoms with Gasteiger partial charge in [0.25, 0.3) is 0 Å². The van der Waals surface area contributed by atoms with Gasteiger partial charge in [0.1, 0.15) is 0 Å². The lowest BCUT2D eigenvalue weighted by Gasteiger charge is -2.27. The molecule has 0 aromatic carbocycles. The molecule has 1 saturated carbocycles. The molecule has 0 spiro atoms. The molecule has 112 valence electrons. The average Bonchev–Trinajstić information content (AvgIpc) is 2.44. The highest BCUT2D eigenvalue weighted by Gasteiger charge is 2.23. The van der Waals surface area contributed by atoms with Crippen molar-refractivity contribution < 1.29 is 9.84 Å². The normalized spacial score (nSPS) is 22.6. The van der Waals surface area contributed by atoms with Gasteiger partial charge < -0.3 is 15.2 Å². The Morgan fingerprint density at radius 1 is 1.30 bits per heavy atom. The summed E-state index contributed by atoms with van der Waals surface area (Å²) in [6, 6.07) is 0.235. The van der Waals surface area contributed by atoms with Gasteiger partial charge in [-0.1, -0.05) is 19.8 Å². The molecule has 20 heavy (non-hydrogen) atoms. The summed E-state index contributed by atoms with van der Waals surface area (Å²) in [6.07, 6.45) is 4.78. The van der Waals surface area contributed by atoms with E-state index in [1.54, 1.807) is 0 Å². The van der Waals surface area contributed by atoms with E-state index in [-0.39, 0.29) is 23.3 Å². The molecule has 1 aromatic heterocycles. The lowest BCUT2D eigenvalue weighted by molar-refractivity contribution is 0.0762. The predicted octanol–water partition coefficient (Wildman–Crippen LogP) is 2.28. The lowest BCUT2D eigenvalue weighted by atomic mass is 9.86. The zero-order valence-corrected chi connectivity index (χ0v) is 12.4. The predicted molar refractivity (Wildman–Crippen MR) is 77.1 cm³/mol. The van der Waals surface area contributed by atoms with Crippen molar-refractivity contribution in [2.24, 2.45) is 5.92 Å². The van der Waals surface area contributed by atoms with Crippen molar-refractivity contribution in [1.82, 2.24) is 15.0 Å². The van der Waals surface area contributed by atoms with Crippen molar-refractivity contribution in [3.05, 3.63) is 5.28 Å². The fraction of sp³-hybridized carbons (Fsp3) is 0.769. The van der Waals surface area contributed by atoms with E-state index in [4.69, 9.17) is 16.3 Å². The number of anilines is 1. The van der Waals surface area contributed by atoms with Gasteiger partial charge in [0.15, 0.2) is 0 Å². The van der Waals surface area contributed by atoms with Crippen molar-refractivity contribution in [1.29, 1.82) is 0 Å². The van der Waals surface area contributed by atoms with Crippen LogP contribution in [0.5, 0.6) is 6.01 Å². The van der Waals surface area contributed by atoms with Gasteiger partial charge in [-0.2, -0.15) is 15.0 Å². The third kappa shape index (κ3) is 4.45. The van der Waals surface area contributed by atoms with Gasteiger partial charge >= 0.3 is 6.01 Å². The summed E-state index contributed by atoms with van der Waals surface area (Å²) in [4.78, 5) is 12.1. The van der Waals surface area contributed by atoms with Gasteiger partial charge in [0.2, 0.25) is 11.2 Å². The molecule has 0 amide bonds. The van der Waals surface area contributed by atoms with Gasteiger partial charge in [-0.3, -0.25) is 0 Å². The Kier molecular flexibility index (Phi) is 5.79. The van der Waals surface area contributed by atoms with Gasteiger partial charge in [-0.15, -0.1) is 0 Å². The first-order chi connectivity index (χ1) is 9.69. The third-order valence-corrected chi connectivity index (χ3v) is 3.58. The molecule has 6 nitrogen and oxygen atoms in total. The summed E-state index contributed by atoms with van der Waals surface area (Å²) in [5.74, 6) is 0.633. The molecule has 1 aliphatic carbocycles. The maximum Gasteiger partial charge on any atom is 0.322 e. The van der Waals surface area contributed by atoms with Gasteiger partial charge in [-0.05, 0) is 30.9 Å². The first-order valence-electron chi connectivity index (χ1n) is 7.15. The van der Waals surface area contributed by atoms with Crippen LogP contribution in [0.1, 0.15) is 39.0 Å². The molecule has 1 fully saturated rings. The van der Waals surface area contributed by atoms with E-state index in [0.717, 1.165) is 32.1 Å². The van der Waals surface area contributed by atoms with Crippen LogP contribution in [0.25, 0.3) is 0 Å². The number of nitrogens with zero attached hydrogens (tertiary/aromatic N) is 3. The van der Waals surface area contributed by atoms with Crippen molar-refractivity contribution in [2.45, 2.75) is 45.1 Å². The summed E-state index contributed by atoms with van der Waals surface area (Å²) >= 11 is 5.85. The molecular weight excluding hydrogens is 280 g/mol.